The maximum absolute atomic E-state index is 13.1. The maximum Gasteiger partial charge on any atom is 0.275 e. The van der Waals surface area contributed by atoms with Crippen molar-refractivity contribution < 1.29 is 4.39 Å². The molecule has 0 spiro atoms. The predicted molar refractivity (Wildman–Crippen MR) is 92.7 cm³/mol. The van der Waals surface area contributed by atoms with Crippen molar-refractivity contribution in [3.8, 4) is 0 Å². The smallest absolute Gasteiger partial charge is 0.275 e. The molecule has 0 aliphatic rings. The zero-order chi connectivity index (χ0) is 17.3. The van der Waals surface area contributed by atoms with Crippen molar-refractivity contribution in [1.82, 2.24) is 19.9 Å². The number of hydrogen-bond donors (Lipinski definition) is 1. The van der Waals surface area contributed by atoms with Gasteiger partial charge in [0.25, 0.3) is 5.56 Å². The first-order chi connectivity index (χ1) is 11.4. The van der Waals surface area contributed by atoms with Crippen LogP contribution in [-0.2, 0) is 6.54 Å². The number of fused-ring (bicyclic) bond motifs is 1. The number of aromatic nitrogens is 3. The van der Waals surface area contributed by atoms with Crippen molar-refractivity contribution in [2.75, 3.05) is 0 Å². The van der Waals surface area contributed by atoms with Crippen LogP contribution in [0.15, 0.2) is 35.1 Å². The van der Waals surface area contributed by atoms with Crippen molar-refractivity contribution in [1.29, 1.82) is 0 Å². The first kappa shape index (κ1) is 16.7. The molecular weight excluding hydrogens is 327 g/mol. The van der Waals surface area contributed by atoms with Crippen LogP contribution in [0.5, 0.6) is 0 Å². The second kappa shape index (κ2) is 6.78. The van der Waals surface area contributed by atoms with Crippen molar-refractivity contribution in [3.63, 3.8) is 0 Å². The summed E-state index contributed by atoms with van der Waals surface area (Å²) in [5.74, 6) is 0.0844. The molecule has 1 aromatic carbocycles. The summed E-state index contributed by atoms with van der Waals surface area (Å²) in [6.07, 6.45) is 0. The monoisotopic (exact) mass is 346 g/mol. The summed E-state index contributed by atoms with van der Waals surface area (Å²) in [7, 11) is 0. The fourth-order valence-corrected chi connectivity index (χ4v) is 3.53. The summed E-state index contributed by atoms with van der Waals surface area (Å²) in [6, 6.07) is 8.07. The van der Waals surface area contributed by atoms with Crippen molar-refractivity contribution in [2.45, 2.75) is 33.4 Å². The van der Waals surface area contributed by atoms with Gasteiger partial charge in [-0.25, -0.2) is 9.37 Å². The minimum atomic E-state index is -0.242. The SMILES string of the molecule is Cc1cc(=O)n2nc(CN[C@H](c3ccc(F)cc3)C(C)C)sc2n1. The standard InChI is InChI=1S/C17H19FN4OS/c1-10(2)16(12-4-6-13(18)7-5-12)19-9-14-21-22-15(23)8-11(3)20-17(22)24-14/h4-8,10,16,19H,9H2,1-3H3/t16-/m0/s1. The van der Waals surface area contributed by atoms with E-state index in [1.807, 2.05) is 0 Å². The minimum Gasteiger partial charge on any atom is -0.303 e. The molecule has 1 N–H and O–H groups in total. The van der Waals surface area contributed by atoms with E-state index in [-0.39, 0.29) is 17.4 Å². The summed E-state index contributed by atoms with van der Waals surface area (Å²) in [6.45, 7) is 6.53. The molecule has 0 saturated carbocycles. The number of nitrogens with one attached hydrogen (secondary N) is 1. The van der Waals surface area contributed by atoms with Gasteiger partial charge >= 0.3 is 0 Å². The van der Waals surface area contributed by atoms with E-state index in [1.54, 1.807) is 19.1 Å². The third-order valence-corrected chi connectivity index (χ3v) is 4.69. The van der Waals surface area contributed by atoms with E-state index in [1.165, 1.54) is 34.1 Å². The Hall–Kier alpha value is -2.12. The summed E-state index contributed by atoms with van der Waals surface area (Å²) >= 11 is 1.40. The van der Waals surface area contributed by atoms with Crippen LogP contribution in [-0.4, -0.2) is 14.6 Å². The Morgan fingerprint density at radius 3 is 2.67 bits per heavy atom. The quantitative estimate of drug-likeness (QED) is 0.771. The normalized spacial score (nSPS) is 12.9. The van der Waals surface area contributed by atoms with Gasteiger partial charge in [-0.05, 0) is 30.5 Å². The molecule has 0 fully saturated rings. The fraction of sp³-hybridized carbons (Fsp3) is 0.353. The van der Waals surface area contributed by atoms with E-state index in [0.717, 1.165) is 10.6 Å². The minimum absolute atomic E-state index is 0.0732. The van der Waals surface area contributed by atoms with Gasteiger partial charge in [0.05, 0.1) is 6.54 Å². The maximum atomic E-state index is 13.1. The van der Waals surface area contributed by atoms with Crippen LogP contribution < -0.4 is 10.9 Å². The highest BCUT2D eigenvalue weighted by molar-refractivity contribution is 7.16. The van der Waals surface area contributed by atoms with E-state index in [0.29, 0.717) is 23.1 Å². The van der Waals surface area contributed by atoms with Crippen LogP contribution in [0, 0.1) is 18.7 Å². The second-order valence-electron chi connectivity index (χ2n) is 6.08. The predicted octanol–water partition coefficient (Wildman–Crippen LogP) is 3.09. The van der Waals surface area contributed by atoms with Crippen LogP contribution in [0.2, 0.25) is 0 Å². The van der Waals surface area contributed by atoms with E-state index in [9.17, 15) is 9.18 Å². The number of rotatable bonds is 5. The first-order valence-electron chi connectivity index (χ1n) is 7.79. The zero-order valence-electron chi connectivity index (χ0n) is 13.8. The van der Waals surface area contributed by atoms with Crippen LogP contribution >= 0.6 is 11.3 Å². The molecule has 0 aliphatic heterocycles. The van der Waals surface area contributed by atoms with Crippen molar-refractivity contribution in [3.05, 3.63) is 62.8 Å². The van der Waals surface area contributed by atoms with Gasteiger partial charge in [-0.2, -0.15) is 9.61 Å². The van der Waals surface area contributed by atoms with Gasteiger partial charge in [-0.1, -0.05) is 37.3 Å². The Balaban J connectivity index is 1.81. The van der Waals surface area contributed by atoms with Gasteiger partial charge in [0.1, 0.15) is 10.8 Å². The fourth-order valence-electron chi connectivity index (χ4n) is 2.64. The Labute approximate surface area is 143 Å². The molecule has 2 heterocycles. The molecule has 3 rings (SSSR count). The molecule has 3 aromatic rings. The van der Waals surface area contributed by atoms with Crippen LogP contribution in [0.25, 0.3) is 4.96 Å². The highest BCUT2D eigenvalue weighted by Gasteiger charge is 2.16. The van der Waals surface area contributed by atoms with Crippen LogP contribution in [0.3, 0.4) is 0 Å². The van der Waals surface area contributed by atoms with Crippen LogP contribution in [0.1, 0.15) is 36.2 Å². The lowest BCUT2D eigenvalue weighted by Gasteiger charge is -2.22. The van der Waals surface area contributed by atoms with Gasteiger partial charge in [0.15, 0.2) is 0 Å². The van der Waals surface area contributed by atoms with Gasteiger partial charge in [-0.15, -0.1) is 0 Å². The van der Waals surface area contributed by atoms with Gasteiger partial charge in [-0.3, -0.25) is 4.79 Å². The lowest BCUT2D eigenvalue weighted by atomic mass is 9.96. The van der Waals surface area contributed by atoms with Gasteiger partial charge in [0.2, 0.25) is 4.96 Å². The van der Waals surface area contributed by atoms with Gasteiger partial charge in [0, 0.05) is 17.8 Å². The van der Waals surface area contributed by atoms with E-state index < -0.39 is 0 Å². The molecule has 2 aromatic heterocycles. The molecule has 7 heteroatoms. The average molecular weight is 346 g/mol. The number of halogens is 1. The highest BCUT2D eigenvalue weighted by atomic mass is 32.1. The molecule has 24 heavy (non-hydrogen) atoms. The van der Waals surface area contributed by atoms with E-state index in [2.05, 4.69) is 29.2 Å². The average Bonchev–Trinajstić information content (AvgIpc) is 2.92. The molecule has 0 radical (unpaired) electrons. The molecule has 0 unspecified atom stereocenters. The molecule has 5 nitrogen and oxygen atoms in total. The van der Waals surface area contributed by atoms with Crippen molar-refractivity contribution in [2.24, 2.45) is 5.92 Å². The third kappa shape index (κ3) is 3.52. The molecule has 0 aliphatic carbocycles. The third-order valence-electron chi connectivity index (χ3n) is 3.78. The molecule has 126 valence electrons. The Bertz CT molecular complexity index is 901. The highest BCUT2D eigenvalue weighted by Crippen LogP contribution is 2.23. The molecule has 0 bridgehead atoms. The number of hydrogen-bond acceptors (Lipinski definition) is 5. The molecule has 1 atom stereocenters. The summed E-state index contributed by atoms with van der Waals surface area (Å²) < 4.78 is 14.5. The number of nitrogens with zero attached hydrogens (tertiary/aromatic N) is 3. The van der Waals surface area contributed by atoms with E-state index >= 15 is 0 Å². The molecule has 0 amide bonds. The van der Waals surface area contributed by atoms with Crippen LogP contribution in [0.4, 0.5) is 4.39 Å². The lowest BCUT2D eigenvalue weighted by Crippen LogP contribution is -2.25. The Morgan fingerprint density at radius 1 is 1.29 bits per heavy atom. The largest absolute Gasteiger partial charge is 0.303 e. The lowest BCUT2D eigenvalue weighted by molar-refractivity contribution is 0.409. The summed E-state index contributed by atoms with van der Waals surface area (Å²) in [5, 5.41) is 8.57. The zero-order valence-corrected chi connectivity index (χ0v) is 14.6. The van der Waals surface area contributed by atoms with E-state index in [4.69, 9.17) is 0 Å². The first-order valence-corrected chi connectivity index (χ1v) is 8.61. The summed E-state index contributed by atoms with van der Waals surface area (Å²) in [5.41, 5.74) is 1.55. The Kier molecular flexibility index (Phi) is 4.73. The Morgan fingerprint density at radius 2 is 2.00 bits per heavy atom. The van der Waals surface area contributed by atoms with Crippen molar-refractivity contribution >= 4 is 16.3 Å². The topological polar surface area (TPSA) is 59.3 Å². The number of aryl methyl sites for hydroxylation is 1. The number of benzene rings is 1. The second-order valence-corrected chi connectivity index (χ2v) is 7.12. The molecular formula is C17H19FN4OS. The summed E-state index contributed by atoms with van der Waals surface area (Å²) in [4.78, 5) is 16.9. The molecule has 0 saturated heterocycles. The van der Waals surface area contributed by atoms with Gasteiger partial charge < -0.3 is 5.32 Å².